The summed E-state index contributed by atoms with van der Waals surface area (Å²) < 4.78 is 48.2. The number of nitrogens with one attached hydrogen (secondary N) is 1. The number of amides is 1. The van der Waals surface area contributed by atoms with Crippen LogP contribution in [0.2, 0.25) is 0 Å². The maximum Gasteiger partial charge on any atom is 0.246 e. The summed E-state index contributed by atoms with van der Waals surface area (Å²) in [7, 11) is 0. The Hall–Kier alpha value is -4.53. The lowest BCUT2D eigenvalue weighted by atomic mass is 10.1. The van der Waals surface area contributed by atoms with Crippen molar-refractivity contribution in [1.29, 1.82) is 0 Å². The fourth-order valence-corrected chi connectivity index (χ4v) is 4.03. The van der Waals surface area contributed by atoms with Crippen molar-refractivity contribution in [3.8, 4) is 28.3 Å². The van der Waals surface area contributed by atoms with Gasteiger partial charge < -0.3 is 15.0 Å². The molecule has 0 unspecified atom stereocenters. The lowest BCUT2D eigenvalue weighted by Crippen LogP contribution is -2.39. The molecule has 4 aromatic rings. The second-order valence-electron chi connectivity index (χ2n) is 8.87. The van der Waals surface area contributed by atoms with E-state index in [9.17, 15) is 18.0 Å². The van der Waals surface area contributed by atoms with Crippen LogP contribution in [-0.4, -0.2) is 23.0 Å². The number of rotatable bonds is 10. The minimum Gasteiger partial charge on any atom is -0.494 e. The number of unbranched alkanes of at least 4 members (excludes halogenated alkanes) is 1. The van der Waals surface area contributed by atoms with Gasteiger partial charge in [-0.1, -0.05) is 49.7 Å². The quantitative estimate of drug-likeness (QED) is 0.113. The number of nitrogens with zero attached hydrogens (tertiary/aromatic N) is 2. The van der Waals surface area contributed by atoms with Crippen molar-refractivity contribution in [2.45, 2.75) is 32.9 Å². The summed E-state index contributed by atoms with van der Waals surface area (Å²) in [6.07, 6.45) is 2.02. The standard InChI is InChI=1S/C30H29F3N4O2/c1-2-3-17-39-23-12-9-21(10-13-23)26-16-15-25(20-7-5-4-6-8-20)37(26)19-27(38)36-30(34)35-18-22-11-14-24(31)29(33)28(22)32/h4-16H,2-3,17-19H2,1H3,(H3,34,35,36,38). The number of hydrogen-bond acceptors (Lipinski definition) is 3. The van der Waals surface area contributed by atoms with Crippen molar-refractivity contribution in [2.24, 2.45) is 10.7 Å². The molecule has 6 nitrogen and oxygen atoms in total. The fraction of sp³-hybridized carbons (Fsp3) is 0.200. The third-order valence-electron chi connectivity index (χ3n) is 6.07. The van der Waals surface area contributed by atoms with Crippen LogP contribution in [0.25, 0.3) is 22.5 Å². The highest BCUT2D eigenvalue weighted by Gasteiger charge is 2.16. The lowest BCUT2D eigenvalue weighted by Gasteiger charge is -2.15. The molecule has 0 radical (unpaired) electrons. The first-order chi connectivity index (χ1) is 18.9. The summed E-state index contributed by atoms with van der Waals surface area (Å²) in [4.78, 5) is 16.9. The number of halogens is 3. The Kier molecular flexibility index (Phi) is 9.04. The lowest BCUT2D eigenvalue weighted by molar-refractivity contribution is -0.120. The molecule has 1 heterocycles. The van der Waals surface area contributed by atoms with E-state index in [2.05, 4.69) is 17.2 Å². The van der Waals surface area contributed by atoms with Crippen LogP contribution in [0.15, 0.2) is 83.9 Å². The number of nitrogens with two attached hydrogens (primary N) is 1. The summed E-state index contributed by atoms with van der Waals surface area (Å²) in [6.45, 7) is 2.30. The van der Waals surface area contributed by atoms with E-state index in [1.165, 1.54) is 0 Å². The smallest absolute Gasteiger partial charge is 0.246 e. The number of ether oxygens (including phenoxy) is 1. The largest absolute Gasteiger partial charge is 0.494 e. The Morgan fingerprint density at radius 3 is 2.23 bits per heavy atom. The van der Waals surface area contributed by atoms with E-state index in [0.29, 0.717) is 6.61 Å². The molecule has 0 spiro atoms. The first-order valence-corrected chi connectivity index (χ1v) is 12.6. The zero-order valence-electron chi connectivity index (χ0n) is 21.5. The van der Waals surface area contributed by atoms with Crippen LogP contribution < -0.4 is 15.8 Å². The molecule has 202 valence electrons. The second-order valence-corrected chi connectivity index (χ2v) is 8.87. The monoisotopic (exact) mass is 534 g/mol. The summed E-state index contributed by atoms with van der Waals surface area (Å²) in [5.74, 6) is -4.18. The zero-order valence-corrected chi connectivity index (χ0v) is 21.5. The first kappa shape index (κ1) is 27.5. The van der Waals surface area contributed by atoms with Gasteiger partial charge in [-0.15, -0.1) is 0 Å². The molecule has 0 saturated heterocycles. The molecular weight excluding hydrogens is 505 g/mol. The van der Waals surface area contributed by atoms with Gasteiger partial charge >= 0.3 is 0 Å². The Morgan fingerprint density at radius 2 is 1.56 bits per heavy atom. The molecule has 0 atom stereocenters. The zero-order chi connectivity index (χ0) is 27.8. The number of guanidine groups is 1. The molecule has 1 amide bonds. The molecule has 4 rings (SSSR count). The molecule has 0 bridgehead atoms. The Labute approximate surface area is 224 Å². The predicted molar refractivity (Wildman–Crippen MR) is 145 cm³/mol. The van der Waals surface area contributed by atoms with E-state index in [0.717, 1.165) is 53.2 Å². The fourth-order valence-electron chi connectivity index (χ4n) is 4.03. The number of aliphatic imine (C=N–C) groups is 1. The average molecular weight is 535 g/mol. The SMILES string of the molecule is CCCCOc1ccc(-c2ccc(-c3ccccc3)n2CC(=O)NC(N)=NCc2ccc(F)c(F)c2F)cc1. The average Bonchev–Trinajstić information content (AvgIpc) is 3.35. The van der Waals surface area contributed by atoms with Crippen molar-refractivity contribution in [1.82, 2.24) is 9.88 Å². The van der Waals surface area contributed by atoms with Crippen LogP contribution in [0, 0.1) is 17.5 Å². The highest BCUT2D eigenvalue weighted by molar-refractivity contribution is 5.96. The van der Waals surface area contributed by atoms with Gasteiger partial charge in [0.25, 0.3) is 0 Å². The highest BCUT2D eigenvalue weighted by atomic mass is 19.2. The third-order valence-corrected chi connectivity index (χ3v) is 6.07. The van der Waals surface area contributed by atoms with Gasteiger partial charge in [0.2, 0.25) is 5.91 Å². The van der Waals surface area contributed by atoms with Gasteiger partial charge in [-0.2, -0.15) is 0 Å². The van der Waals surface area contributed by atoms with Gasteiger partial charge in [0, 0.05) is 17.0 Å². The molecule has 0 aliphatic heterocycles. The summed E-state index contributed by atoms with van der Waals surface area (Å²) in [5, 5.41) is 2.49. The predicted octanol–water partition coefficient (Wildman–Crippen LogP) is 6.05. The van der Waals surface area contributed by atoms with Crippen LogP contribution >= 0.6 is 0 Å². The van der Waals surface area contributed by atoms with E-state index in [1.807, 2.05) is 71.3 Å². The van der Waals surface area contributed by atoms with Crippen molar-refractivity contribution in [2.75, 3.05) is 6.61 Å². The Balaban J connectivity index is 1.54. The van der Waals surface area contributed by atoms with Gasteiger partial charge in [0.15, 0.2) is 23.4 Å². The van der Waals surface area contributed by atoms with Gasteiger partial charge in [-0.25, -0.2) is 18.2 Å². The molecule has 39 heavy (non-hydrogen) atoms. The Morgan fingerprint density at radius 1 is 0.897 bits per heavy atom. The Bertz CT molecular complexity index is 1450. The number of hydrogen-bond donors (Lipinski definition) is 2. The molecular formula is C30H29F3N4O2. The molecule has 0 aliphatic carbocycles. The summed E-state index contributed by atoms with van der Waals surface area (Å²) >= 11 is 0. The number of carbonyl (C=O) groups excluding carboxylic acids is 1. The molecule has 0 aliphatic rings. The molecule has 0 fully saturated rings. The highest BCUT2D eigenvalue weighted by Crippen LogP contribution is 2.30. The molecule has 9 heteroatoms. The number of aromatic nitrogens is 1. The van der Waals surface area contributed by atoms with Crippen molar-refractivity contribution in [3.63, 3.8) is 0 Å². The van der Waals surface area contributed by atoms with Gasteiger partial charge in [-0.3, -0.25) is 10.1 Å². The maximum atomic E-state index is 13.9. The molecule has 0 saturated carbocycles. The third kappa shape index (κ3) is 6.87. The minimum absolute atomic E-state index is 0.0862. The van der Waals surface area contributed by atoms with Crippen molar-refractivity contribution < 1.29 is 22.7 Å². The second kappa shape index (κ2) is 12.8. The first-order valence-electron chi connectivity index (χ1n) is 12.6. The normalized spacial score (nSPS) is 11.4. The summed E-state index contributed by atoms with van der Waals surface area (Å²) in [6, 6.07) is 23.1. The van der Waals surface area contributed by atoms with Crippen LogP contribution in [0.3, 0.4) is 0 Å². The number of carbonyl (C=O) groups is 1. The van der Waals surface area contributed by atoms with E-state index < -0.39 is 23.4 Å². The van der Waals surface area contributed by atoms with Gasteiger partial charge in [0.05, 0.1) is 13.2 Å². The van der Waals surface area contributed by atoms with Crippen molar-refractivity contribution >= 4 is 11.9 Å². The van der Waals surface area contributed by atoms with Crippen LogP contribution in [-0.2, 0) is 17.9 Å². The minimum atomic E-state index is -1.58. The van der Waals surface area contributed by atoms with E-state index >= 15 is 0 Å². The van der Waals surface area contributed by atoms with Gasteiger partial charge in [-0.05, 0) is 60.0 Å². The topological polar surface area (TPSA) is 81.6 Å². The number of benzene rings is 3. The van der Waals surface area contributed by atoms with Crippen LogP contribution in [0.5, 0.6) is 5.75 Å². The van der Waals surface area contributed by atoms with Crippen LogP contribution in [0.1, 0.15) is 25.3 Å². The van der Waals surface area contributed by atoms with E-state index in [4.69, 9.17) is 10.5 Å². The van der Waals surface area contributed by atoms with Crippen LogP contribution in [0.4, 0.5) is 13.2 Å². The van der Waals surface area contributed by atoms with E-state index in [-0.39, 0.29) is 24.6 Å². The molecule has 1 aromatic heterocycles. The summed E-state index contributed by atoms with van der Waals surface area (Å²) in [5.41, 5.74) is 9.10. The van der Waals surface area contributed by atoms with Crippen molar-refractivity contribution in [3.05, 3.63) is 102 Å². The van der Waals surface area contributed by atoms with Gasteiger partial charge in [0.1, 0.15) is 12.3 Å². The molecule has 3 aromatic carbocycles. The van der Waals surface area contributed by atoms with E-state index in [1.54, 1.807) is 0 Å². The molecule has 3 N–H and O–H groups in total. The maximum absolute atomic E-state index is 13.9.